The lowest BCUT2D eigenvalue weighted by molar-refractivity contribution is -0.143. The van der Waals surface area contributed by atoms with Crippen molar-refractivity contribution in [3.8, 4) is 0 Å². The minimum Gasteiger partial charge on any atom is -0.444 e. The van der Waals surface area contributed by atoms with Crippen LogP contribution in [0.3, 0.4) is 0 Å². The third-order valence-electron chi connectivity index (χ3n) is 6.55. The maximum absolute atomic E-state index is 14.1. The molecule has 0 aromatic heterocycles. The molecule has 226 valence electrons. The van der Waals surface area contributed by atoms with E-state index >= 15 is 0 Å². The average molecular weight is 561 g/mol. The van der Waals surface area contributed by atoms with Gasteiger partial charge in [-0.25, -0.2) is 4.79 Å². The summed E-state index contributed by atoms with van der Waals surface area (Å²) < 4.78 is 5.35. The Bertz CT molecular complexity index is 942. The van der Waals surface area contributed by atoms with Gasteiger partial charge in [0, 0.05) is 12.6 Å². The van der Waals surface area contributed by atoms with Gasteiger partial charge < -0.3 is 26.0 Å². The second-order valence-electron chi connectivity index (χ2n) is 11.5. The van der Waals surface area contributed by atoms with Gasteiger partial charge in [0.2, 0.25) is 17.7 Å². The standard InChI is InChI=1S/C31H52N4O5/c1-8-11-12-13-14-20-35(29(38)25(21-26(32)36)34-30(39)40-31(5,6)7)27(28(37)33-22(4)15-9-2)24-18-16-23(10-3)17-19-24/h16-19,22,25,27H,8-15,20-21H2,1-7H3,(H2,32,36)(H,33,37)(H,34,39). The van der Waals surface area contributed by atoms with Gasteiger partial charge in [0.05, 0.1) is 6.42 Å². The summed E-state index contributed by atoms with van der Waals surface area (Å²) in [5.74, 6) is -1.60. The Labute approximate surface area is 241 Å². The number of primary amides is 1. The first-order chi connectivity index (χ1) is 18.8. The molecule has 0 radical (unpaired) electrons. The van der Waals surface area contributed by atoms with Crippen molar-refractivity contribution in [1.82, 2.24) is 15.5 Å². The Balaban J connectivity index is 3.51. The van der Waals surface area contributed by atoms with Gasteiger partial charge in [0.25, 0.3) is 0 Å². The van der Waals surface area contributed by atoms with Crippen LogP contribution in [0, 0.1) is 0 Å². The molecule has 0 heterocycles. The lowest BCUT2D eigenvalue weighted by atomic mass is 9.99. The molecule has 0 aliphatic heterocycles. The van der Waals surface area contributed by atoms with Crippen LogP contribution in [0.1, 0.15) is 117 Å². The highest BCUT2D eigenvalue weighted by Crippen LogP contribution is 2.25. The van der Waals surface area contributed by atoms with E-state index in [1.165, 1.54) is 4.90 Å². The van der Waals surface area contributed by atoms with Gasteiger partial charge in [0.15, 0.2) is 0 Å². The number of hydrogen-bond acceptors (Lipinski definition) is 5. The molecule has 0 saturated carbocycles. The van der Waals surface area contributed by atoms with Gasteiger partial charge in [0.1, 0.15) is 17.7 Å². The van der Waals surface area contributed by atoms with Crippen LogP contribution in [-0.4, -0.2) is 52.9 Å². The van der Waals surface area contributed by atoms with Crippen LogP contribution in [0.4, 0.5) is 4.79 Å². The first kappa shape index (κ1) is 34.9. The summed E-state index contributed by atoms with van der Waals surface area (Å²) in [7, 11) is 0. The second-order valence-corrected chi connectivity index (χ2v) is 11.5. The summed E-state index contributed by atoms with van der Waals surface area (Å²) in [5.41, 5.74) is 6.45. The van der Waals surface area contributed by atoms with E-state index in [4.69, 9.17) is 10.5 Å². The van der Waals surface area contributed by atoms with Crippen LogP contribution in [0.2, 0.25) is 0 Å². The molecule has 9 heteroatoms. The number of aryl methyl sites for hydroxylation is 1. The molecule has 4 N–H and O–H groups in total. The van der Waals surface area contributed by atoms with E-state index in [-0.39, 0.29) is 18.5 Å². The van der Waals surface area contributed by atoms with Crippen molar-refractivity contribution in [1.29, 1.82) is 0 Å². The number of hydrogen-bond donors (Lipinski definition) is 3. The van der Waals surface area contributed by atoms with E-state index in [0.29, 0.717) is 12.0 Å². The first-order valence-corrected chi connectivity index (χ1v) is 14.8. The van der Waals surface area contributed by atoms with Gasteiger partial charge >= 0.3 is 6.09 Å². The minimum absolute atomic E-state index is 0.0854. The molecular formula is C31H52N4O5. The number of nitrogens with one attached hydrogen (secondary N) is 2. The van der Waals surface area contributed by atoms with Crippen LogP contribution in [0.25, 0.3) is 0 Å². The summed E-state index contributed by atoms with van der Waals surface area (Å²) in [6, 6.07) is 5.34. The maximum Gasteiger partial charge on any atom is 0.408 e. The van der Waals surface area contributed by atoms with Gasteiger partial charge in [-0.1, -0.05) is 77.1 Å². The highest BCUT2D eigenvalue weighted by atomic mass is 16.6. The van der Waals surface area contributed by atoms with Gasteiger partial charge in [-0.15, -0.1) is 0 Å². The number of amides is 4. The molecule has 1 aromatic rings. The highest BCUT2D eigenvalue weighted by molar-refractivity contribution is 5.94. The minimum atomic E-state index is -1.28. The molecule has 1 rings (SSSR count). The van der Waals surface area contributed by atoms with E-state index in [0.717, 1.165) is 50.5 Å². The van der Waals surface area contributed by atoms with Crippen molar-refractivity contribution in [2.75, 3.05) is 6.54 Å². The summed E-state index contributed by atoms with van der Waals surface area (Å²) in [6.07, 6.45) is 6.00. The van der Waals surface area contributed by atoms with E-state index in [9.17, 15) is 19.2 Å². The molecule has 0 saturated heterocycles. The lowest BCUT2D eigenvalue weighted by Gasteiger charge is -2.35. The Kier molecular flexibility index (Phi) is 15.3. The number of rotatable bonds is 17. The van der Waals surface area contributed by atoms with Crippen LogP contribution < -0.4 is 16.4 Å². The van der Waals surface area contributed by atoms with Crippen LogP contribution in [0.5, 0.6) is 0 Å². The zero-order chi connectivity index (χ0) is 30.3. The Morgan fingerprint density at radius 3 is 2.08 bits per heavy atom. The van der Waals surface area contributed by atoms with E-state index in [2.05, 4.69) is 24.5 Å². The zero-order valence-electron chi connectivity index (χ0n) is 25.7. The Morgan fingerprint density at radius 2 is 1.55 bits per heavy atom. The maximum atomic E-state index is 14.1. The fourth-order valence-corrected chi connectivity index (χ4v) is 4.54. The number of nitrogens with zero attached hydrogens (tertiary/aromatic N) is 1. The fraction of sp³-hybridized carbons (Fsp3) is 0.677. The van der Waals surface area contributed by atoms with Crippen LogP contribution >= 0.6 is 0 Å². The molecule has 0 spiro atoms. The molecule has 4 amide bonds. The SMILES string of the molecule is CCCCCCCN(C(=O)C(CC(N)=O)NC(=O)OC(C)(C)C)C(C(=O)NC(C)CCC)c1ccc(CC)cc1. The number of carbonyl (C=O) groups is 4. The molecule has 3 unspecified atom stereocenters. The highest BCUT2D eigenvalue weighted by Gasteiger charge is 2.37. The number of alkyl carbamates (subject to hydrolysis) is 1. The third kappa shape index (κ3) is 12.8. The number of ether oxygens (including phenoxy) is 1. The van der Waals surface area contributed by atoms with Gasteiger partial charge in [-0.2, -0.15) is 0 Å². The van der Waals surface area contributed by atoms with Crippen molar-refractivity contribution in [2.24, 2.45) is 5.73 Å². The van der Waals surface area contributed by atoms with E-state index in [1.54, 1.807) is 20.8 Å². The summed E-state index contributed by atoms with van der Waals surface area (Å²) in [4.78, 5) is 54.0. The smallest absolute Gasteiger partial charge is 0.408 e. The predicted molar refractivity (Wildman–Crippen MR) is 159 cm³/mol. The predicted octanol–water partition coefficient (Wildman–Crippen LogP) is 5.16. The largest absolute Gasteiger partial charge is 0.444 e. The van der Waals surface area contributed by atoms with Crippen molar-refractivity contribution in [3.05, 3.63) is 35.4 Å². The van der Waals surface area contributed by atoms with Crippen molar-refractivity contribution >= 4 is 23.8 Å². The molecular weight excluding hydrogens is 508 g/mol. The van der Waals surface area contributed by atoms with E-state index in [1.807, 2.05) is 38.1 Å². The zero-order valence-corrected chi connectivity index (χ0v) is 25.7. The average Bonchev–Trinajstić information content (AvgIpc) is 2.86. The van der Waals surface area contributed by atoms with E-state index < -0.39 is 42.0 Å². The molecule has 1 aromatic carbocycles. The van der Waals surface area contributed by atoms with Crippen molar-refractivity contribution in [2.45, 2.75) is 130 Å². The van der Waals surface area contributed by atoms with Gasteiger partial charge in [-0.05, 0) is 58.1 Å². The second kappa shape index (κ2) is 17.6. The van der Waals surface area contributed by atoms with Gasteiger partial charge in [-0.3, -0.25) is 14.4 Å². The summed E-state index contributed by atoms with van der Waals surface area (Å²) in [5, 5.41) is 5.60. The number of benzene rings is 1. The van der Waals surface area contributed by atoms with Crippen molar-refractivity contribution in [3.63, 3.8) is 0 Å². The molecule has 40 heavy (non-hydrogen) atoms. The van der Waals surface area contributed by atoms with Crippen LogP contribution in [0.15, 0.2) is 24.3 Å². The van der Waals surface area contributed by atoms with Crippen LogP contribution in [-0.2, 0) is 25.5 Å². The quantitative estimate of drug-likeness (QED) is 0.227. The third-order valence-corrected chi connectivity index (χ3v) is 6.55. The molecule has 0 aliphatic carbocycles. The normalized spacial score (nSPS) is 13.6. The Morgan fingerprint density at radius 1 is 0.925 bits per heavy atom. The molecule has 0 fully saturated rings. The lowest BCUT2D eigenvalue weighted by Crippen LogP contribution is -2.54. The number of carbonyl (C=O) groups excluding carboxylic acids is 4. The summed E-state index contributed by atoms with van der Waals surface area (Å²) >= 11 is 0. The first-order valence-electron chi connectivity index (χ1n) is 14.8. The topological polar surface area (TPSA) is 131 Å². The number of unbranched alkanes of at least 4 members (excludes halogenated alkanes) is 4. The summed E-state index contributed by atoms with van der Waals surface area (Å²) in [6.45, 7) is 13.6. The number of nitrogens with two attached hydrogens (primary N) is 1. The molecule has 0 aliphatic rings. The van der Waals surface area contributed by atoms with Crippen molar-refractivity contribution < 1.29 is 23.9 Å². The molecule has 9 nitrogen and oxygen atoms in total. The molecule has 3 atom stereocenters. The Hall–Kier alpha value is -3.10. The fourth-order valence-electron chi connectivity index (χ4n) is 4.54. The molecule has 0 bridgehead atoms. The monoisotopic (exact) mass is 560 g/mol.